The normalized spacial score (nSPS) is 22.5. The molecular weight excluding hydrogens is 311 g/mol. The monoisotopic (exact) mass is 334 g/mol. The van der Waals surface area contributed by atoms with Gasteiger partial charge in [-0.05, 0) is 18.9 Å². The Morgan fingerprint density at radius 1 is 1.17 bits per heavy atom. The zero-order valence-electron chi connectivity index (χ0n) is 13.6. The molecule has 5 nitrogen and oxygen atoms in total. The van der Waals surface area contributed by atoms with Crippen molar-refractivity contribution >= 4 is 17.5 Å². The standard InChI is InChI=1S/C18H23FN2O3/c19-13-8-14(10-16(22)9-13)20-18(24)12-7-17(23)21(11-12)15-5-3-1-2-4-6-15/h8-10,12,15,22H,1-7,11H2,(H,20,24)/t12-/m1/s1. The highest BCUT2D eigenvalue weighted by atomic mass is 19.1. The predicted molar refractivity (Wildman–Crippen MR) is 88.0 cm³/mol. The molecule has 0 aromatic heterocycles. The van der Waals surface area contributed by atoms with E-state index in [2.05, 4.69) is 5.32 Å². The lowest BCUT2D eigenvalue weighted by molar-refractivity contribution is -0.130. The number of amides is 2. The fourth-order valence-electron chi connectivity index (χ4n) is 3.72. The molecule has 130 valence electrons. The van der Waals surface area contributed by atoms with E-state index >= 15 is 0 Å². The minimum Gasteiger partial charge on any atom is -0.508 e. The number of nitrogens with zero attached hydrogens (tertiary/aromatic N) is 1. The Labute approximate surface area is 140 Å². The van der Waals surface area contributed by atoms with Crippen LogP contribution in [0.5, 0.6) is 5.75 Å². The summed E-state index contributed by atoms with van der Waals surface area (Å²) in [6, 6.07) is 3.66. The van der Waals surface area contributed by atoms with Crippen LogP contribution in [0.1, 0.15) is 44.9 Å². The highest BCUT2D eigenvalue weighted by Gasteiger charge is 2.37. The number of benzene rings is 1. The molecule has 2 aliphatic rings. The molecule has 1 saturated heterocycles. The first-order chi connectivity index (χ1) is 11.5. The summed E-state index contributed by atoms with van der Waals surface area (Å²) in [4.78, 5) is 26.6. The number of hydrogen-bond donors (Lipinski definition) is 2. The van der Waals surface area contributed by atoms with Crippen LogP contribution in [0.4, 0.5) is 10.1 Å². The van der Waals surface area contributed by atoms with E-state index in [-0.39, 0.29) is 35.7 Å². The quantitative estimate of drug-likeness (QED) is 0.835. The van der Waals surface area contributed by atoms with Gasteiger partial charge in [-0.1, -0.05) is 25.7 Å². The summed E-state index contributed by atoms with van der Waals surface area (Å²) in [5, 5.41) is 12.0. The van der Waals surface area contributed by atoms with Crippen molar-refractivity contribution in [1.82, 2.24) is 4.90 Å². The molecule has 3 rings (SSSR count). The zero-order valence-corrected chi connectivity index (χ0v) is 13.6. The molecule has 24 heavy (non-hydrogen) atoms. The molecule has 6 heteroatoms. The lowest BCUT2D eigenvalue weighted by atomic mass is 10.1. The van der Waals surface area contributed by atoms with E-state index in [1.54, 1.807) is 0 Å². The van der Waals surface area contributed by atoms with Gasteiger partial charge < -0.3 is 15.3 Å². The molecule has 1 aromatic carbocycles. The van der Waals surface area contributed by atoms with Crippen LogP contribution in [-0.4, -0.2) is 34.4 Å². The number of nitrogens with one attached hydrogen (secondary N) is 1. The predicted octanol–water partition coefficient (Wildman–Crippen LogP) is 3.04. The van der Waals surface area contributed by atoms with Crippen molar-refractivity contribution in [2.45, 2.75) is 51.0 Å². The lowest BCUT2D eigenvalue weighted by Crippen LogP contribution is -2.37. The molecular formula is C18H23FN2O3. The maximum atomic E-state index is 13.3. The Kier molecular flexibility index (Phi) is 5.02. The van der Waals surface area contributed by atoms with E-state index in [0.717, 1.165) is 37.8 Å². The van der Waals surface area contributed by atoms with E-state index < -0.39 is 11.7 Å². The molecule has 1 atom stereocenters. The molecule has 2 amide bonds. The summed E-state index contributed by atoms with van der Waals surface area (Å²) >= 11 is 0. The second-order valence-electron chi connectivity index (χ2n) is 6.78. The average Bonchev–Trinajstić information content (AvgIpc) is 2.72. The summed E-state index contributed by atoms with van der Waals surface area (Å²) < 4.78 is 13.3. The van der Waals surface area contributed by atoms with Crippen molar-refractivity contribution in [2.24, 2.45) is 5.92 Å². The molecule has 1 aromatic rings. The molecule has 1 aliphatic heterocycles. The summed E-state index contributed by atoms with van der Waals surface area (Å²) in [6.45, 7) is 0.427. The summed E-state index contributed by atoms with van der Waals surface area (Å²) in [5.41, 5.74) is 0.206. The van der Waals surface area contributed by atoms with E-state index in [4.69, 9.17) is 0 Å². The second kappa shape index (κ2) is 7.20. The first kappa shape index (κ1) is 16.7. The van der Waals surface area contributed by atoms with Crippen LogP contribution in [0.3, 0.4) is 0 Å². The largest absolute Gasteiger partial charge is 0.508 e. The second-order valence-corrected chi connectivity index (χ2v) is 6.78. The van der Waals surface area contributed by atoms with Crippen molar-refractivity contribution in [3.8, 4) is 5.75 Å². The number of hydrogen-bond acceptors (Lipinski definition) is 3. The van der Waals surface area contributed by atoms with Gasteiger partial charge in [0, 0.05) is 36.8 Å². The average molecular weight is 334 g/mol. The molecule has 2 fully saturated rings. The fraction of sp³-hybridized carbons (Fsp3) is 0.556. The fourth-order valence-corrected chi connectivity index (χ4v) is 3.72. The maximum absolute atomic E-state index is 13.3. The van der Waals surface area contributed by atoms with Gasteiger partial charge in [-0.25, -0.2) is 4.39 Å². The first-order valence-electron chi connectivity index (χ1n) is 8.63. The third-order valence-corrected chi connectivity index (χ3v) is 4.94. The van der Waals surface area contributed by atoms with E-state index in [0.29, 0.717) is 6.54 Å². The number of phenols is 1. The first-order valence-corrected chi connectivity index (χ1v) is 8.63. The number of halogens is 1. The molecule has 0 spiro atoms. The summed E-state index contributed by atoms with van der Waals surface area (Å²) in [6.07, 6.45) is 6.91. The number of phenolic OH excluding ortho intramolecular Hbond substituents is 1. The Hall–Kier alpha value is -2.11. The SMILES string of the molecule is O=C(Nc1cc(O)cc(F)c1)[C@@H]1CC(=O)N(C2CCCCCC2)C1. The summed E-state index contributed by atoms with van der Waals surface area (Å²) in [5.74, 6) is -1.56. The van der Waals surface area contributed by atoms with Gasteiger partial charge in [-0.15, -0.1) is 0 Å². The van der Waals surface area contributed by atoms with Gasteiger partial charge in [0.05, 0.1) is 5.92 Å². The number of aromatic hydroxyl groups is 1. The summed E-state index contributed by atoms with van der Waals surface area (Å²) in [7, 11) is 0. The van der Waals surface area contributed by atoms with Crippen LogP contribution in [0.15, 0.2) is 18.2 Å². The van der Waals surface area contributed by atoms with Gasteiger partial charge in [0.2, 0.25) is 11.8 Å². The Balaban J connectivity index is 1.63. The van der Waals surface area contributed by atoms with Crippen molar-refractivity contribution in [1.29, 1.82) is 0 Å². The van der Waals surface area contributed by atoms with Crippen LogP contribution in [0, 0.1) is 11.7 Å². The molecule has 1 saturated carbocycles. The van der Waals surface area contributed by atoms with Crippen molar-refractivity contribution in [3.63, 3.8) is 0 Å². The van der Waals surface area contributed by atoms with Crippen molar-refractivity contribution in [2.75, 3.05) is 11.9 Å². The number of anilines is 1. The van der Waals surface area contributed by atoms with E-state index in [9.17, 15) is 19.1 Å². The van der Waals surface area contributed by atoms with Gasteiger partial charge in [0.15, 0.2) is 0 Å². The molecule has 0 radical (unpaired) electrons. The Morgan fingerprint density at radius 2 is 1.88 bits per heavy atom. The number of carbonyl (C=O) groups excluding carboxylic acids is 2. The van der Waals surface area contributed by atoms with Crippen LogP contribution in [0.2, 0.25) is 0 Å². The van der Waals surface area contributed by atoms with Crippen molar-refractivity contribution in [3.05, 3.63) is 24.0 Å². The highest BCUT2D eigenvalue weighted by Crippen LogP contribution is 2.29. The maximum Gasteiger partial charge on any atom is 0.229 e. The van der Waals surface area contributed by atoms with E-state index in [1.807, 2.05) is 4.90 Å². The van der Waals surface area contributed by atoms with Crippen LogP contribution in [-0.2, 0) is 9.59 Å². The minimum absolute atomic E-state index is 0.0316. The topological polar surface area (TPSA) is 69.6 Å². The Morgan fingerprint density at radius 3 is 2.54 bits per heavy atom. The number of carbonyl (C=O) groups is 2. The molecule has 2 N–H and O–H groups in total. The van der Waals surface area contributed by atoms with Crippen LogP contribution in [0.25, 0.3) is 0 Å². The molecule has 1 heterocycles. The van der Waals surface area contributed by atoms with Gasteiger partial charge in [0.1, 0.15) is 11.6 Å². The van der Waals surface area contributed by atoms with Crippen LogP contribution >= 0.6 is 0 Å². The molecule has 1 aliphatic carbocycles. The van der Waals surface area contributed by atoms with Crippen LogP contribution < -0.4 is 5.32 Å². The van der Waals surface area contributed by atoms with Gasteiger partial charge in [-0.3, -0.25) is 9.59 Å². The van der Waals surface area contributed by atoms with Gasteiger partial charge in [0.25, 0.3) is 0 Å². The lowest BCUT2D eigenvalue weighted by Gasteiger charge is -2.27. The van der Waals surface area contributed by atoms with Gasteiger partial charge >= 0.3 is 0 Å². The smallest absolute Gasteiger partial charge is 0.229 e. The Bertz CT molecular complexity index is 606. The highest BCUT2D eigenvalue weighted by molar-refractivity contribution is 5.97. The zero-order chi connectivity index (χ0) is 17.1. The third kappa shape index (κ3) is 3.86. The minimum atomic E-state index is -0.618. The number of likely N-dealkylation sites (tertiary alicyclic amines) is 1. The van der Waals surface area contributed by atoms with Gasteiger partial charge in [-0.2, -0.15) is 0 Å². The van der Waals surface area contributed by atoms with Crippen molar-refractivity contribution < 1.29 is 19.1 Å². The van der Waals surface area contributed by atoms with E-state index in [1.165, 1.54) is 18.9 Å². The number of rotatable bonds is 3. The molecule has 0 bridgehead atoms. The molecule has 0 unspecified atom stereocenters. The third-order valence-electron chi connectivity index (χ3n) is 4.94.